The standard InChI is InChI=1S/C21H28N4O4S3/c26-18(22-14-11-32(28,29)12-15(14)25-7-3-4-8-25)10-30-9-17-23-20(27)19-13-5-1-2-6-16(13)31-21(19)24-17/h14-15H,1-12H2,(H,22,26)(H,23,24,27). The Labute approximate surface area is 195 Å². The summed E-state index contributed by atoms with van der Waals surface area (Å²) in [6.07, 6.45) is 6.41. The Morgan fingerprint density at radius 2 is 1.97 bits per heavy atom. The number of sulfone groups is 1. The van der Waals surface area contributed by atoms with Crippen LogP contribution in [0.4, 0.5) is 0 Å². The van der Waals surface area contributed by atoms with Crippen LogP contribution >= 0.6 is 23.1 Å². The molecule has 2 N–H and O–H groups in total. The molecule has 1 amide bonds. The Morgan fingerprint density at radius 1 is 1.19 bits per heavy atom. The van der Waals surface area contributed by atoms with Crippen LogP contribution in [0.5, 0.6) is 0 Å². The molecule has 174 valence electrons. The first-order chi connectivity index (χ1) is 15.4. The van der Waals surface area contributed by atoms with E-state index < -0.39 is 9.84 Å². The van der Waals surface area contributed by atoms with Crippen LogP contribution in [-0.4, -0.2) is 71.6 Å². The molecule has 0 radical (unpaired) electrons. The van der Waals surface area contributed by atoms with Crippen LogP contribution in [-0.2, 0) is 33.2 Å². The molecule has 11 heteroatoms. The van der Waals surface area contributed by atoms with Gasteiger partial charge in [-0.25, -0.2) is 13.4 Å². The van der Waals surface area contributed by atoms with Gasteiger partial charge in [-0.1, -0.05) is 0 Å². The predicted molar refractivity (Wildman–Crippen MR) is 128 cm³/mol. The molecule has 2 aromatic heterocycles. The third kappa shape index (κ3) is 4.62. The van der Waals surface area contributed by atoms with Crippen LogP contribution < -0.4 is 10.9 Å². The Kier molecular flexibility index (Phi) is 6.34. The summed E-state index contributed by atoms with van der Waals surface area (Å²) in [6, 6.07) is -0.473. The second-order valence-corrected chi connectivity index (χ2v) is 13.2. The van der Waals surface area contributed by atoms with Crippen LogP contribution in [0.2, 0.25) is 0 Å². The summed E-state index contributed by atoms with van der Waals surface area (Å²) in [5.74, 6) is 1.18. The van der Waals surface area contributed by atoms with Gasteiger partial charge in [-0.05, 0) is 57.2 Å². The Balaban J connectivity index is 1.19. The number of aromatic amines is 1. The zero-order valence-electron chi connectivity index (χ0n) is 17.9. The average Bonchev–Trinajstić information content (AvgIpc) is 3.45. The van der Waals surface area contributed by atoms with Crippen molar-refractivity contribution in [2.45, 2.75) is 56.4 Å². The molecule has 0 bridgehead atoms. The zero-order valence-corrected chi connectivity index (χ0v) is 20.3. The second-order valence-electron chi connectivity index (χ2n) is 8.96. The number of likely N-dealkylation sites (tertiary alicyclic amines) is 1. The maximum Gasteiger partial charge on any atom is 0.259 e. The third-order valence-corrected chi connectivity index (χ3v) is 10.5. The molecule has 5 rings (SSSR count). The summed E-state index contributed by atoms with van der Waals surface area (Å²) in [6.45, 7) is 1.80. The van der Waals surface area contributed by atoms with Crippen molar-refractivity contribution in [2.24, 2.45) is 0 Å². The van der Waals surface area contributed by atoms with Crippen molar-refractivity contribution in [3.8, 4) is 0 Å². The van der Waals surface area contributed by atoms with Gasteiger partial charge in [0.25, 0.3) is 5.56 Å². The summed E-state index contributed by atoms with van der Waals surface area (Å²) in [5, 5.41) is 3.69. The summed E-state index contributed by atoms with van der Waals surface area (Å²) in [5.41, 5.74) is 1.08. The highest BCUT2D eigenvalue weighted by Crippen LogP contribution is 2.33. The molecule has 2 fully saturated rings. The number of hydrogen-bond donors (Lipinski definition) is 2. The van der Waals surface area contributed by atoms with Crippen molar-refractivity contribution in [1.82, 2.24) is 20.2 Å². The maximum atomic E-state index is 12.6. The van der Waals surface area contributed by atoms with E-state index in [1.54, 1.807) is 11.3 Å². The van der Waals surface area contributed by atoms with Gasteiger partial charge in [-0.2, -0.15) is 0 Å². The first-order valence-electron chi connectivity index (χ1n) is 11.2. The number of carbonyl (C=O) groups is 1. The molecule has 2 aromatic rings. The fourth-order valence-corrected chi connectivity index (χ4v) is 9.10. The third-order valence-electron chi connectivity index (χ3n) is 6.62. The first-order valence-corrected chi connectivity index (χ1v) is 15.0. The Bertz CT molecular complexity index is 1180. The number of nitrogens with zero attached hydrogens (tertiary/aromatic N) is 2. The number of carbonyl (C=O) groups excluding carboxylic acids is 1. The smallest absolute Gasteiger partial charge is 0.259 e. The van der Waals surface area contributed by atoms with E-state index in [4.69, 9.17) is 0 Å². The van der Waals surface area contributed by atoms with Crippen molar-refractivity contribution in [1.29, 1.82) is 0 Å². The number of aromatic nitrogens is 2. The average molecular weight is 497 g/mol. The molecule has 0 aromatic carbocycles. The number of rotatable bonds is 6. The molecule has 8 nitrogen and oxygen atoms in total. The van der Waals surface area contributed by atoms with Gasteiger partial charge in [0.1, 0.15) is 10.7 Å². The largest absolute Gasteiger partial charge is 0.350 e. The molecule has 0 spiro atoms. The van der Waals surface area contributed by atoms with Crippen molar-refractivity contribution >= 4 is 49.1 Å². The van der Waals surface area contributed by atoms with Crippen LogP contribution in [0.15, 0.2) is 4.79 Å². The number of hydrogen-bond acceptors (Lipinski definition) is 8. The van der Waals surface area contributed by atoms with E-state index >= 15 is 0 Å². The van der Waals surface area contributed by atoms with Gasteiger partial charge >= 0.3 is 0 Å². The van der Waals surface area contributed by atoms with Gasteiger partial charge in [-0.3, -0.25) is 14.5 Å². The molecule has 32 heavy (non-hydrogen) atoms. The SMILES string of the molecule is O=C(CSCc1nc2sc3c(c2c(=O)[nH]1)CCCC3)NC1CS(=O)(=O)CC1N1CCCC1. The number of fused-ring (bicyclic) bond motifs is 3. The summed E-state index contributed by atoms with van der Waals surface area (Å²) < 4.78 is 24.4. The quantitative estimate of drug-likeness (QED) is 0.623. The fraction of sp³-hybridized carbons (Fsp3) is 0.667. The fourth-order valence-electron chi connectivity index (χ4n) is 5.17. The number of aryl methyl sites for hydroxylation is 2. The molecule has 3 aliphatic rings. The highest BCUT2D eigenvalue weighted by atomic mass is 32.2. The molecular formula is C21H28N4O4S3. The Morgan fingerprint density at radius 3 is 2.78 bits per heavy atom. The van der Waals surface area contributed by atoms with Gasteiger partial charge in [0.05, 0.1) is 34.4 Å². The molecule has 2 unspecified atom stereocenters. The van der Waals surface area contributed by atoms with E-state index in [1.807, 2.05) is 0 Å². The lowest BCUT2D eigenvalue weighted by Gasteiger charge is -2.28. The number of amides is 1. The monoisotopic (exact) mass is 496 g/mol. The van der Waals surface area contributed by atoms with Crippen molar-refractivity contribution in [2.75, 3.05) is 30.3 Å². The molecule has 2 atom stereocenters. The molecule has 4 heterocycles. The summed E-state index contributed by atoms with van der Waals surface area (Å²) in [4.78, 5) is 37.0. The van der Waals surface area contributed by atoms with Crippen molar-refractivity contribution in [3.63, 3.8) is 0 Å². The molecule has 2 saturated heterocycles. The highest BCUT2D eigenvalue weighted by Gasteiger charge is 2.42. The van der Waals surface area contributed by atoms with Crippen molar-refractivity contribution < 1.29 is 13.2 Å². The maximum absolute atomic E-state index is 12.6. The van der Waals surface area contributed by atoms with E-state index in [9.17, 15) is 18.0 Å². The van der Waals surface area contributed by atoms with Crippen LogP contribution in [0, 0.1) is 0 Å². The minimum absolute atomic E-state index is 0.0131. The second kappa shape index (κ2) is 9.08. The summed E-state index contributed by atoms with van der Waals surface area (Å²) >= 11 is 3.00. The Hall–Kier alpha value is -1.43. The number of H-pyrrole nitrogens is 1. The molecular weight excluding hydrogens is 468 g/mol. The van der Waals surface area contributed by atoms with E-state index in [0.29, 0.717) is 11.6 Å². The van der Waals surface area contributed by atoms with E-state index in [1.165, 1.54) is 22.2 Å². The molecule has 2 aliphatic heterocycles. The zero-order chi connectivity index (χ0) is 22.3. The van der Waals surface area contributed by atoms with Gasteiger partial charge in [0, 0.05) is 10.9 Å². The van der Waals surface area contributed by atoms with Gasteiger partial charge in [0.15, 0.2) is 9.84 Å². The number of thiophene rings is 1. The van der Waals surface area contributed by atoms with Gasteiger partial charge in [-0.15, -0.1) is 23.1 Å². The van der Waals surface area contributed by atoms with E-state index in [2.05, 4.69) is 20.2 Å². The normalized spacial score (nSPS) is 25.2. The van der Waals surface area contributed by atoms with Crippen LogP contribution in [0.3, 0.4) is 0 Å². The minimum atomic E-state index is -3.13. The predicted octanol–water partition coefficient (Wildman–Crippen LogP) is 1.47. The lowest BCUT2D eigenvalue weighted by molar-refractivity contribution is -0.119. The highest BCUT2D eigenvalue weighted by molar-refractivity contribution is 7.99. The van der Waals surface area contributed by atoms with Crippen LogP contribution in [0.1, 0.15) is 41.9 Å². The van der Waals surface area contributed by atoms with Crippen molar-refractivity contribution in [3.05, 3.63) is 26.6 Å². The summed E-state index contributed by atoms with van der Waals surface area (Å²) in [7, 11) is -3.13. The van der Waals surface area contributed by atoms with Gasteiger partial charge in [0.2, 0.25) is 5.91 Å². The van der Waals surface area contributed by atoms with E-state index in [0.717, 1.165) is 61.8 Å². The first kappa shape index (κ1) is 22.4. The number of thioether (sulfide) groups is 1. The van der Waals surface area contributed by atoms with E-state index in [-0.39, 0.29) is 40.8 Å². The number of nitrogens with one attached hydrogen (secondary N) is 2. The lowest BCUT2D eigenvalue weighted by Crippen LogP contribution is -2.50. The minimum Gasteiger partial charge on any atom is -0.350 e. The topological polar surface area (TPSA) is 112 Å². The molecule has 0 saturated carbocycles. The lowest BCUT2D eigenvalue weighted by atomic mass is 9.97. The van der Waals surface area contributed by atoms with Crippen LogP contribution in [0.25, 0.3) is 10.2 Å². The molecule has 1 aliphatic carbocycles. The van der Waals surface area contributed by atoms with Gasteiger partial charge < -0.3 is 10.3 Å².